The summed E-state index contributed by atoms with van der Waals surface area (Å²) < 4.78 is 43.7. The van der Waals surface area contributed by atoms with Gasteiger partial charge in [0.2, 0.25) is 0 Å². The Balaban J connectivity index is 3.53. The van der Waals surface area contributed by atoms with Crippen molar-refractivity contribution in [2.24, 2.45) is 0 Å². The molecule has 0 atom stereocenters. The van der Waals surface area contributed by atoms with Gasteiger partial charge in [0.25, 0.3) is 0 Å². The van der Waals surface area contributed by atoms with Gasteiger partial charge in [-0.25, -0.2) is 0 Å². The van der Waals surface area contributed by atoms with E-state index in [1.807, 2.05) is 22.6 Å². The smallest absolute Gasteiger partial charge is 0.419 e. The third-order valence-electron chi connectivity index (χ3n) is 2.05. The van der Waals surface area contributed by atoms with Crippen molar-refractivity contribution in [3.05, 3.63) is 26.8 Å². The summed E-state index contributed by atoms with van der Waals surface area (Å²) in [7, 11) is 0. The largest absolute Gasteiger partial charge is 0.492 e. The Bertz CT molecular complexity index is 441. The molecule has 1 aromatic carbocycles. The summed E-state index contributed by atoms with van der Waals surface area (Å²) in [6.07, 6.45) is -4.53. The lowest BCUT2D eigenvalue weighted by Gasteiger charge is -2.16. The van der Waals surface area contributed by atoms with Crippen LogP contribution in [0.25, 0.3) is 0 Å². The summed E-state index contributed by atoms with van der Waals surface area (Å²) in [6.45, 7) is 2.87. The second kappa shape index (κ2) is 5.24. The first-order valence-electron chi connectivity index (χ1n) is 4.82. The molecule has 2 nitrogen and oxygen atoms in total. The van der Waals surface area contributed by atoms with Crippen molar-refractivity contribution in [3.63, 3.8) is 0 Å². The zero-order chi connectivity index (χ0) is 13.2. The third-order valence-corrected chi connectivity index (χ3v) is 2.95. The monoisotopic (exact) mass is 358 g/mol. The maximum atomic E-state index is 12.8. The van der Waals surface area contributed by atoms with Crippen LogP contribution >= 0.6 is 22.6 Å². The van der Waals surface area contributed by atoms with Gasteiger partial charge in [0.15, 0.2) is 5.78 Å². The van der Waals surface area contributed by atoms with Crippen molar-refractivity contribution in [2.75, 3.05) is 6.61 Å². The van der Waals surface area contributed by atoms with Gasteiger partial charge < -0.3 is 4.74 Å². The Hall–Kier alpha value is -0.790. The molecular formula is C11H10F3IO2. The second-order valence-corrected chi connectivity index (χ2v) is 4.45. The molecule has 0 heterocycles. The number of hydrogen-bond donors (Lipinski definition) is 0. The molecule has 6 heteroatoms. The van der Waals surface area contributed by atoms with E-state index in [2.05, 4.69) is 0 Å². The van der Waals surface area contributed by atoms with Gasteiger partial charge in [0, 0.05) is 3.57 Å². The molecule has 0 bridgehead atoms. The molecule has 0 unspecified atom stereocenters. The molecule has 17 heavy (non-hydrogen) atoms. The third kappa shape index (κ3) is 3.11. The summed E-state index contributed by atoms with van der Waals surface area (Å²) in [6, 6.07) is 2.20. The van der Waals surface area contributed by atoms with E-state index in [1.54, 1.807) is 6.92 Å². The molecular weight excluding hydrogens is 348 g/mol. The highest BCUT2D eigenvalue weighted by atomic mass is 127. The Morgan fingerprint density at radius 1 is 1.41 bits per heavy atom. The van der Waals surface area contributed by atoms with Crippen LogP contribution in [0.3, 0.4) is 0 Å². The minimum Gasteiger partial charge on any atom is -0.492 e. The number of carbonyl (C=O) groups is 1. The van der Waals surface area contributed by atoms with Crippen LogP contribution in [0.4, 0.5) is 13.2 Å². The van der Waals surface area contributed by atoms with Gasteiger partial charge in [-0.1, -0.05) is 0 Å². The lowest BCUT2D eigenvalue weighted by atomic mass is 10.1. The predicted molar refractivity (Wildman–Crippen MR) is 65.3 cm³/mol. The van der Waals surface area contributed by atoms with E-state index < -0.39 is 17.5 Å². The van der Waals surface area contributed by atoms with E-state index in [0.29, 0.717) is 3.57 Å². The quantitative estimate of drug-likeness (QED) is 0.605. The van der Waals surface area contributed by atoms with Gasteiger partial charge in [0.1, 0.15) is 5.75 Å². The second-order valence-electron chi connectivity index (χ2n) is 3.29. The minimum absolute atomic E-state index is 0.0118. The van der Waals surface area contributed by atoms with E-state index in [9.17, 15) is 18.0 Å². The van der Waals surface area contributed by atoms with Gasteiger partial charge >= 0.3 is 6.18 Å². The van der Waals surface area contributed by atoms with E-state index in [4.69, 9.17) is 4.74 Å². The fourth-order valence-corrected chi connectivity index (χ4v) is 2.21. The normalized spacial score (nSPS) is 11.4. The topological polar surface area (TPSA) is 26.3 Å². The summed E-state index contributed by atoms with van der Waals surface area (Å²) in [5, 5.41) is 0. The Kier molecular flexibility index (Phi) is 4.40. The number of halogens is 4. The first-order chi connectivity index (χ1) is 7.79. The maximum Gasteiger partial charge on any atom is 0.419 e. The first-order valence-corrected chi connectivity index (χ1v) is 5.90. The summed E-state index contributed by atoms with van der Waals surface area (Å²) in [5.41, 5.74) is -0.924. The molecule has 0 aliphatic rings. The van der Waals surface area contributed by atoms with Crippen LogP contribution in [0.5, 0.6) is 5.75 Å². The van der Waals surface area contributed by atoms with Crippen molar-refractivity contribution >= 4 is 28.4 Å². The van der Waals surface area contributed by atoms with Gasteiger partial charge in [-0.15, -0.1) is 0 Å². The Labute approximate surface area is 110 Å². The number of benzene rings is 1. The highest BCUT2D eigenvalue weighted by Gasteiger charge is 2.36. The molecule has 0 fully saturated rings. The van der Waals surface area contributed by atoms with Crippen molar-refractivity contribution in [1.82, 2.24) is 0 Å². The molecule has 94 valence electrons. The van der Waals surface area contributed by atoms with Crippen molar-refractivity contribution in [2.45, 2.75) is 20.0 Å². The van der Waals surface area contributed by atoms with Crippen LogP contribution in [0.15, 0.2) is 12.1 Å². The molecule has 0 saturated carbocycles. The van der Waals surface area contributed by atoms with Gasteiger partial charge in [-0.2, -0.15) is 13.2 Å². The van der Waals surface area contributed by atoms with Crippen LogP contribution < -0.4 is 4.74 Å². The lowest BCUT2D eigenvalue weighted by Crippen LogP contribution is -2.13. The molecule has 0 spiro atoms. The van der Waals surface area contributed by atoms with Crippen molar-refractivity contribution < 1.29 is 22.7 Å². The molecule has 0 radical (unpaired) electrons. The lowest BCUT2D eigenvalue weighted by molar-refractivity contribution is -0.138. The molecule has 0 N–H and O–H groups in total. The highest BCUT2D eigenvalue weighted by molar-refractivity contribution is 14.1. The number of ether oxygens (including phenoxy) is 1. The molecule has 1 rings (SSSR count). The average molecular weight is 358 g/mol. The summed E-state index contributed by atoms with van der Waals surface area (Å²) in [4.78, 5) is 11.4. The van der Waals surface area contributed by atoms with Crippen LogP contribution in [0, 0.1) is 3.57 Å². The van der Waals surface area contributed by atoms with Crippen LogP contribution in [0.2, 0.25) is 0 Å². The fraction of sp³-hybridized carbons (Fsp3) is 0.364. The van der Waals surface area contributed by atoms with Gasteiger partial charge in [-0.05, 0) is 48.6 Å². The molecule has 1 aromatic rings. The fourth-order valence-electron chi connectivity index (χ4n) is 1.40. The van der Waals surface area contributed by atoms with Crippen molar-refractivity contribution in [3.8, 4) is 5.75 Å². The number of carbonyl (C=O) groups excluding carboxylic acids is 1. The van der Waals surface area contributed by atoms with Gasteiger partial charge in [-0.3, -0.25) is 4.79 Å². The number of Topliss-reactive ketones (excluding diaryl/α,β-unsaturated/α-hetero) is 1. The molecule has 0 aliphatic heterocycles. The number of alkyl halides is 3. The Morgan fingerprint density at radius 3 is 2.41 bits per heavy atom. The van der Waals surface area contributed by atoms with E-state index in [1.165, 1.54) is 13.0 Å². The maximum absolute atomic E-state index is 12.8. The van der Waals surface area contributed by atoms with E-state index >= 15 is 0 Å². The zero-order valence-corrected chi connectivity index (χ0v) is 11.3. The van der Waals surface area contributed by atoms with Crippen LogP contribution in [-0.2, 0) is 6.18 Å². The van der Waals surface area contributed by atoms with Crippen molar-refractivity contribution in [1.29, 1.82) is 0 Å². The SMILES string of the molecule is CCOc1c(C(F)(F)F)ccc(I)c1C(C)=O. The van der Waals surface area contributed by atoms with E-state index in [0.717, 1.165) is 6.07 Å². The summed E-state index contributed by atoms with van der Waals surface area (Å²) >= 11 is 1.82. The number of ketones is 1. The molecule has 0 aromatic heterocycles. The first kappa shape index (κ1) is 14.3. The van der Waals surface area contributed by atoms with Crippen LogP contribution in [0.1, 0.15) is 29.8 Å². The van der Waals surface area contributed by atoms with Crippen LogP contribution in [-0.4, -0.2) is 12.4 Å². The zero-order valence-electron chi connectivity index (χ0n) is 9.19. The Morgan fingerprint density at radius 2 is 2.00 bits per heavy atom. The standard InChI is InChI=1S/C11H10F3IO2/c1-3-17-10-7(11(12,13)14)4-5-8(15)9(10)6(2)16/h4-5H,3H2,1-2H3. The average Bonchev–Trinajstić information content (AvgIpc) is 2.15. The minimum atomic E-state index is -4.53. The predicted octanol–water partition coefficient (Wildman–Crippen LogP) is 3.91. The molecule has 0 saturated heterocycles. The number of hydrogen-bond acceptors (Lipinski definition) is 2. The van der Waals surface area contributed by atoms with E-state index in [-0.39, 0.29) is 17.9 Å². The number of rotatable bonds is 3. The molecule has 0 aliphatic carbocycles. The highest BCUT2D eigenvalue weighted by Crippen LogP contribution is 2.40. The molecule has 0 amide bonds. The summed E-state index contributed by atoms with van der Waals surface area (Å²) in [5.74, 6) is -0.816. The van der Waals surface area contributed by atoms with Gasteiger partial charge in [0.05, 0.1) is 17.7 Å².